The topological polar surface area (TPSA) is 38.3 Å². The molecule has 0 heterocycles. The molecule has 122 valence electrons. The Morgan fingerprint density at radius 3 is 2.61 bits per heavy atom. The Bertz CT molecular complexity index is 653. The first-order valence-corrected chi connectivity index (χ1v) is 8.24. The molecule has 0 saturated carbocycles. The summed E-state index contributed by atoms with van der Waals surface area (Å²) in [5, 5.41) is 3.71. The molecular weight excluding hydrogens is 310 g/mol. The van der Waals surface area contributed by atoms with E-state index in [9.17, 15) is 4.79 Å². The summed E-state index contributed by atoms with van der Waals surface area (Å²) in [6.45, 7) is 4.60. The number of ether oxygens (including phenoxy) is 1. The molecule has 0 radical (unpaired) electrons. The van der Waals surface area contributed by atoms with Crippen LogP contribution in [-0.4, -0.2) is 12.5 Å². The fourth-order valence-corrected chi connectivity index (χ4v) is 2.48. The quantitative estimate of drug-likeness (QED) is 0.724. The van der Waals surface area contributed by atoms with Crippen LogP contribution < -0.4 is 10.1 Å². The molecule has 0 aliphatic rings. The van der Waals surface area contributed by atoms with Gasteiger partial charge in [0.25, 0.3) is 0 Å². The van der Waals surface area contributed by atoms with E-state index in [1.165, 1.54) is 0 Å². The van der Waals surface area contributed by atoms with E-state index in [0.29, 0.717) is 24.5 Å². The Balaban J connectivity index is 1.78. The van der Waals surface area contributed by atoms with Gasteiger partial charge in [-0.05, 0) is 55.2 Å². The molecule has 0 atom stereocenters. The average Bonchev–Trinajstić information content (AvgIpc) is 2.55. The Hall–Kier alpha value is -2.00. The van der Waals surface area contributed by atoms with Gasteiger partial charge in [0.15, 0.2) is 0 Å². The third-order valence-electron chi connectivity index (χ3n) is 3.63. The number of anilines is 1. The molecule has 1 N–H and O–H groups in total. The minimum Gasteiger partial charge on any atom is -0.494 e. The molecule has 0 aliphatic heterocycles. The van der Waals surface area contributed by atoms with E-state index in [2.05, 4.69) is 12.2 Å². The number of nitrogens with one attached hydrogen (secondary N) is 1. The number of halogens is 1. The van der Waals surface area contributed by atoms with Crippen molar-refractivity contribution in [1.82, 2.24) is 0 Å². The van der Waals surface area contributed by atoms with Crippen LogP contribution in [0.3, 0.4) is 0 Å². The Morgan fingerprint density at radius 2 is 1.91 bits per heavy atom. The third kappa shape index (κ3) is 5.29. The monoisotopic (exact) mass is 331 g/mol. The number of benzene rings is 2. The fraction of sp³-hybridized carbons (Fsp3) is 0.316. The smallest absolute Gasteiger partial charge is 0.224 e. The highest BCUT2D eigenvalue weighted by Gasteiger charge is 2.08. The van der Waals surface area contributed by atoms with Crippen molar-refractivity contribution in [2.75, 3.05) is 11.9 Å². The minimum atomic E-state index is 0.0220. The number of carbonyl (C=O) groups excluding carboxylic acids is 1. The first-order valence-electron chi connectivity index (χ1n) is 7.87. The van der Waals surface area contributed by atoms with Gasteiger partial charge >= 0.3 is 0 Å². The number of para-hydroxylation sites is 1. The van der Waals surface area contributed by atoms with E-state index >= 15 is 0 Å². The van der Waals surface area contributed by atoms with E-state index < -0.39 is 0 Å². The second kappa shape index (κ2) is 8.59. The summed E-state index contributed by atoms with van der Waals surface area (Å²) >= 11 is 5.82. The van der Waals surface area contributed by atoms with Crippen LogP contribution in [0.1, 0.15) is 30.9 Å². The van der Waals surface area contributed by atoms with Gasteiger partial charge < -0.3 is 10.1 Å². The lowest BCUT2D eigenvalue weighted by atomic mass is 10.1. The van der Waals surface area contributed by atoms with Gasteiger partial charge in [-0.1, -0.05) is 36.7 Å². The number of amides is 1. The van der Waals surface area contributed by atoms with Crippen molar-refractivity contribution in [3.63, 3.8) is 0 Å². The highest BCUT2D eigenvalue weighted by molar-refractivity contribution is 6.30. The van der Waals surface area contributed by atoms with Crippen LogP contribution in [0.4, 0.5) is 5.69 Å². The van der Waals surface area contributed by atoms with Gasteiger partial charge in [-0.2, -0.15) is 0 Å². The summed E-state index contributed by atoms with van der Waals surface area (Å²) in [5.74, 6) is 0.788. The maximum Gasteiger partial charge on any atom is 0.224 e. The highest BCUT2D eigenvalue weighted by atomic mass is 35.5. The van der Waals surface area contributed by atoms with Crippen LogP contribution in [0.5, 0.6) is 5.75 Å². The molecule has 0 bridgehead atoms. The molecule has 23 heavy (non-hydrogen) atoms. The first kappa shape index (κ1) is 17.4. The predicted molar refractivity (Wildman–Crippen MR) is 95.4 cm³/mol. The lowest BCUT2D eigenvalue weighted by Gasteiger charge is -2.13. The summed E-state index contributed by atoms with van der Waals surface area (Å²) in [7, 11) is 0. The molecule has 0 fully saturated rings. The van der Waals surface area contributed by atoms with Gasteiger partial charge in [0, 0.05) is 17.1 Å². The number of hydrogen-bond acceptors (Lipinski definition) is 2. The third-order valence-corrected chi connectivity index (χ3v) is 3.89. The van der Waals surface area contributed by atoms with Gasteiger partial charge in [-0.15, -0.1) is 0 Å². The molecule has 2 aromatic carbocycles. The maximum atomic E-state index is 12.1. The normalized spacial score (nSPS) is 10.4. The zero-order valence-corrected chi connectivity index (χ0v) is 14.3. The Morgan fingerprint density at radius 1 is 1.17 bits per heavy atom. The molecule has 0 unspecified atom stereocenters. The van der Waals surface area contributed by atoms with Gasteiger partial charge in [-0.3, -0.25) is 4.79 Å². The number of rotatable bonds is 7. The Labute approximate surface area is 142 Å². The summed E-state index contributed by atoms with van der Waals surface area (Å²) in [6, 6.07) is 13.3. The van der Waals surface area contributed by atoms with Gasteiger partial charge in [0.05, 0.1) is 6.61 Å². The maximum absolute atomic E-state index is 12.1. The van der Waals surface area contributed by atoms with Crippen molar-refractivity contribution in [1.29, 1.82) is 0 Å². The first-order chi connectivity index (χ1) is 11.1. The molecule has 0 aromatic heterocycles. The predicted octanol–water partition coefficient (Wildman–Crippen LogP) is 5.01. The van der Waals surface area contributed by atoms with Crippen molar-refractivity contribution in [2.24, 2.45) is 0 Å². The zero-order chi connectivity index (χ0) is 16.7. The number of hydrogen-bond donors (Lipinski definition) is 1. The standard InChI is InChI=1S/C19H22ClNO2/c1-3-15-7-4-6-14(2)19(15)21-18(22)8-5-13-23-17-11-9-16(20)10-12-17/h4,6-7,9-12H,3,5,8,13H2,1-2H3,(H,21,22). The number of aryl methyl sites for hydroxylation is 2. The molecule has 0 saturated heterocycles. The SMILES string of the molecule is CCc1cccc(C)c1NC(=O)CCCOc1ccc(Cl)cc1. The molecule has 2 aromatic rings. The van der Waals surface area contributed by atoms with Gasteiger partial charge in [0.2, 0.25) is 5.91 Å². The molecule has 4 heteroatoms. The molecule has 2 rings (SSSR count). The van der Waals surface area contributed by atoms with Crippen LogP contribution in [0.25, 0.3) is 0 Å². The van der Waals surface area contributed by atoms with Crippen LogP contribution in [0, 0.1) is 6.92 Å². The molecule has 0 spiro atoms. The zero-order valence-electron chi connectivity index (χ0n) is 13.6. The van der Waals surface area contributed by atoms with Crippen LogP contribution in [0.15, 0.2) is 42.5 Å². The van der Waals surface area contributed by atoms with E-state index in [4.69, 9.17) is 16.3 Å². The van der Waals surface area contributed by atoms with Crippen molar-refractivity contribution in [2.45, 2.75) is 33.1 Å². The minimum absolute atomic E-state index is 0.0220. The van der Waals surface area contributed by atoms with E-state index in [1.54, 1.807) is 12.1 Å². The van der Waals surface area contributed by atoms with Gasteiger partial charge in [0.1, 0.15) is 5.75 Å². The molecule has 1 amide bonds. The van der Waals surface area contributed by atoms with E-state index in [0.717, 1.165) is 29.0 Å². The molecular formula is C19H22ClNO2. The molecule has 3 nitrogen and oxygen atoms in total. The van der Waals surface area contributed by atoms with Crippen LogP contribution in [0.2, 0.25) is 5.02 Å². The van der Waals surface area contributed by atoms with Crippen molar-refractivity contribution < 1.29 is 9.53 Å². The lowest BCUT2D eigenvalue weighted by molar-refractivity contribution is -0.116. The molecule has 0 aliphatic carbocycles. The van der Waals surface area contributed by atoms with Crippen molar-refractivity contribution >= 4 is 23.2 Å². The van der Waals surface area contributed by atoms with Gasteiger partial charge in [-0.25, -0.2) is 0 Å². The Kier molecular flexibility index (Phi) is 6.48. The summed E-state index contributed by atoms with van der Waals surface area (Å²) < 4.78 is 5.59. The second-order valence-corrected chi connectivity index (χ2v) is 5.85. The fourth-order valence-electron chi connectivity index (χ4n) is 2.36. The van der Waals surface area contributed by atoms with E-state index in [-0.39, 0.29) is 5.91 Å². The summed E-state index contributed by atoms with van der Waals surface area (Å²) in [5.41, 5.74) is 3.20. The second-order valence-electron chi connectivity index (χ2n) is 5.42. The summed E-state index contributed by atoms with van der Waals surface area (Å²) in [4.78, 5) is 12.1. The van der Waals surface area contributed by atoms with Crippen molar-refractivity contribution in [3.05, 3.63) is 58.6 Å². The number of carbonyl (C=O) groups is 1. The lowest BCUT2D eigenvalue weighted by Crippen LogP contribution is -2.15. The van der Waals surface area contributed by atoms with Crippen LogP contribution in [-0.2, 0) is 11.2 Å². The largest absolute Gasteiger partial charge is 0.494 e. The van der Waals surface area contributed by atoms with E-state index in [1.807, 2.05) is 37.3 Å². The van der Waals surface area contributed by atoms with Crippen LogP contribution >= 0.6 is 11.6 Å². The van der Waals surface area contributed by atoms with Crippen molar-refractivity contribution in [3.8, 4) is 5.75 Å². The highest BCUT2D eigenvalue weighted by Crippen LogP contribution is 2.21. The summed E-state index contributed by atoms with van der Waals surface area (Å²) in [6.07, 6.45) is 2.00. The average molecular weight is 332 g/mol.